The fourth-order valence-electron chi connectivity index (χ4n) is 1.16. The van der Waals surface area contributed by atoms with Gasteiger partial charge in [-0.15, -0.1) is 11.3 Å². The molecular formula is C15H17NO3S. The van der Waals surface area contributed by atoms with Crippen LogP contribution in [0.3, 0.4) is 0 Å². The summed E-state index contributed by atoms with van der Waals surface area (Å²) in [4.78, 5) is 13.1. The summed E-state index contributed by atoms with van der Waals surface area (Å²) in [5, 5.41) is 11.2. The van der Waals surface area contributed by atoms with Crippen molar-refractivity contribution >= 4 is 17.4 Å². The van der Waals surface area contributed by atoms with E-state index in [1.165, 1.54) is 11.3 Å². The Morgan fingerprint density at radius 1 is 1.30 bits per heavy atom. The zero-order valence-electron chi connectivity index (χ0n) is 11.7. The number of rotatable bonds is 1. The van der Waals surface area contributed by atoms with Crippen LogP contribution in [-0.2, 0) is 4.74 Å². The van der Waals surface area contributed by atoms with Gasteiger partial charge in [0.1, 0.15) is 12.2 Å². The topological polar surface area (TPSA) is 58.6 Å². The summed E-state index contributed by atoms with van der Waals surface area (Å²) in [6.07, 6.45) is -0.479. The van der Waals surface area contributed by atoms with Crippen molar-refractivity contribution in [2.75, 3.05) is 13.2 Å². The van der Waals surface area contributed by atoms with Crippen molar-refractivity contribution in [1.29, 1.82) is 0 Å². The molecule has 1 aromatic rings. The molecule has 0 aliphatic heterocycles. The first kappa shape index (κ1) is 16.1. The number of hydrogen-bond acceptors (Lipinski definition) is 4. The van der Waals surface area contributed by atoms with E-state index in [0.29, 0.717) is 0 Å². The fraction of sp³-hybridized carbons (Fsp3) is 0.400. The van der Waals surface area contributed by atoms with E-state index in [0.717, 1.165) is 9.75 Å². The van der Waals surface area contributed by atoms with Gasteiger partial charge >= 0.3 is 6.09 Å². The lowest BCUT2D eigenvalue weighted by Crippen LogP contribution is -2.32. The normalized spacial score (nSPS) is 9.80. The number of hydrogen-bond donors (Lipinski definition) is 2. The van der Waals surface area contributed by atoms with Crippen LogP contribution in [0.4, 0.5) is 4.79 Å². The molecule has 4 nitrogen and oxygen atoms in total. The molecule has 0 saturated heterocycles. The molecule has 0 radical (unpaired) electrons. The Labute approximate surface area is 123 Å². The van der Waals surface area contributed by atoms with E-state index < -0.39 is 11.7 Å². The molecular weight excluding hydrogens is 274 g/mol. The van der Waals surface area contributed by atoms with Gasteiger partial charge in [0, 0.05) is 0 Å². The number of aliphatic hydroxyl groups excluding tert-OH is 1. The minimum absolute atomic E-state index is 0.154. The molecule has 0 aliphatic carbocycles. The van der Waals surface area contributed by atoms with Gasteiger partial charge in [0.05, 0.1) is 16.3 Å². The average Bonchev–Trinajstić information content (AvgIpc) is 2.78. The molecule has 2 N–H and O–H groups in total. The van der Waals surface area contributed by atoms with E-state index in [1.807, 2.05) is 12.1 Å². The number of thiophene rings is 1. The number of nitrogens with one attached hydrogen (secondary N) is 1. The Kier molecular flexibility index (Phi) is 6.11. The molecule has 1 amide bonds. The molecule has 1 heterocycles. The first-order chi connectivity index (χ1) is 9.40. The highest BCUT2D eigenvalue weighted by Gasteiger charge is 2.14. The van der Waals surface area contributed by atoms with Gasteiger partial charge in [-0.05, 0) is 32.9 Å². The van der Waals surface area contributed by atoms with Crippen molar-refractivity contribution in [3.63, 3.8) is 0 Å². The Morgan fingerprint density at radius 3 is 2.45 bits per heavy atom. The number of alkyl carbamates (subject to hydrolysis) is 1. The maximum absolute atomic E-state index is 11.4. The molecule has 0 bridgehead atoms. The van der Waals surface area contributed by atoms with Crippen LogP contribution in [0, 0.1) is 23.7 Å². The molecule has 0 unspecified atom stereocenters. The van der Waals surface area contributed by atoms with Crippen molar-refractivity contribution in [1.82, 2.24) is 5.32 Å². The number of carbonyl (C=O) groups is 1. The van der Waals surface area contributed by atoms with Crippen molar-refractivity contribution < 1.29 is 14.6 Å². The second kappa shape index (κ2) is 7.59. The van der Waals surface area contributed by atoms with Crippen molar-refractivity contribution in [2.45, 2.75) is 26.4 Å². The fourth-order valence-corrected chi connectivity index (χ4v) is 1.92. The van der Waals surface area contributed by atoms with Gasteiger partial charge in [0.15, 0.2) is 0 Å². The molecule has 0 spiro atoms. The minimum atomic E-state index is -0.508. The SMILES string of the molecule is CC(C)(C)OC(=O)NCC#Cc1ccc(C#CCO)s1. The van der Waals surface area contributed by atoms with Crippen LogP contribution in [0.15, 0.2) is 12.1 Å². The number of carbonyl (C=O) groups excluding carboxylic acids is 1. The Hall–Kier alpha value is -1.95. The average molecular weight is 291 g/mol. The van der Waals surface area contributed by atoms with Gasteiger partial charge in [-0.2, -0.15) is 0 Å². The van der Waals surface area contributed by atoms with Crippen LogP contribution < -0.4 is 5.32 Å². The molecule has 1 aromatic heterocycles. The predicted octanol–water partition coefficient (Wildman–Crippen LogP) is 1.97. The summed E-state index contributed by atoms with van der Waals surface area (Å²) >= 11 is 1.44. The number of aliphatic hydroxyl groups is 1. The quantitative estimate of drug-likeness (QED) is 0.778. The second-order valence-electron chi connectivity index (χ2n) is 4.78. The smallest absolute Gasteiger partial charge is 0.408 e. The summed E-state index contributed by atoms with van der Waals surface area (Å²) in [5.74, 6) is 11.2. The maximum Gasteiger partial charge on any atom is 0.408 e. The summed E-state index contributed by atoms with van der Waals surface area (Å²) in [6.45, 7) is 5.49. The summed E-state index contributed by atoms with van der Waals surface area (Å²) in [5.41, 5.74) is -0.508. The molecule has 0 aromatic carbocycles. The lowest BCUT2D eigenvalue weighted by Gasteiger charge is -2.18. The molecule has 0 saturated carbocycles. The van der Waals surface area contributed by atoms with Gasteiger partial charge in [0.2, 0.25) is 0 Å². The van der Waals surface area contributed by atoms with Crippen LogP contribution in [0.1, 0.15) is 30.5 Å². The molecule has 20 heavy (non-hydrogen) atoms. The highest BCUT2D eigenvalue weighted by Crippen LogP contribution is 2.13. The standard InChI is InChI=1S/C15H17NO3S/c1-15(2,3)19-14(18)16-10-4-6-12-8-9-13(20-12)7-5-11-17/h8-9,17H,10-11H2,1-3H3,(H,16,18). The van der Waals surface area contributed by atoms with Gasteiger partial charge < -0.3 is 15.2 Å². The Bertz CT molecular complexity index is 576. The first-order valence-electron chi connectivity index (χ1n) is 6.06. The summed E-state index contributed by atoms with van der Waals surface area (Å²) < 4.78 is 5.08. The van der Waals surface area contributed by atoms with E-state index in [4.69, 9.17) is 9.84 Å². The molecule has 106 valence electrons. The highest BCUT2D eigenvalue weighted by molar-refractivity contribution is 7.13. The van der Waals surface area contributed by atoms with E-state index in [9.17, 15) is 4.79 Å². The lowest BCUT2D eigenvalue weighted by atomic mass is 10.2. The predicted molar refractivity (Wildman–Crippen MR) is 79.4 cm³/mol. The molecule has 0 fully saturated rings. The van der Waals surface area contributed by atoms with Gasteiger partial charge in [0.25, 0.3) is 0 Å². The summed E-state index contributed by atoms with van der Waals surface area (Å²) in [6, 6.07) is 3.70. The van der Waals surface area contributed by atoms with Crippen molar-refractivity contribution in [3.8, 4) is 23.7 Å². The van der Waals surface area contributed by atoms with Crippen molar-refractivity contribution in [3.05, 3.63) is 21.9 Å². The third-order valence-electron chi connectivity index (χ3n) is 1.83. The van der Waals surface area contributed by atoms with Crippen LogP contribution in [-0.4, -0.2) is 30.0 Å². The molecule has 0 atom stereocenters. The number of ether oxygens (including phenoxy) is 1. The highest BCUT2D eigenvalue weighted by atomic mass is 32.1. The molecule has 1 rings (SSSR count). The monoisotopic (exact) mass is 291 g/mol. The Balaban J connectivity index is 2.43. The van der Waals surface area contributed by atoms with E-state index >= 15 is 0 Å². The van der Waals surface area contributed by atoms with E-state index in [1.54, 1.807) is 20.8 Å². The van der Waals surface area contributed by atoms with Gasteiger partial charge in [-0.3, -0.25) is 0 Å². The zero-order valence-corrected chi connectivity index (χ0v) is 12.6. The van der Waals surface area contributed by atoms with Crippen LogP contribution >= 0.6 is 11.3 Å². The maximum atomic E-state index is 11.4. The first-order valence-corrected chi connectivity index (χ1v) is 6.87. The number of amides is 1. The van der Waals surface area contributed by atoms with Crippen LogP contribution in [0.25, 0.3) is 0 Å². The molecule has 0 aliphatic rings. The molecule has 5 heteroatoms. The van der Waals surface area contributed by atoms with Crippen LogP contribution in [0.2, 0.25) is 0 Å². The third-order valence-corrected chi connectivity index (χ3v) is 2.74. The van der Waals surface area contributed by atoms with E-state index in [2.05, 4.69) is 29.0 Å². The summed E-state index contributed by atoms with van der Waals surface area (Å²) in [7, 11) is 0. The van der Waals surface area contributed by atoms with E-state index in [-0.39, 0.29) is 13.2 Å². The Morgan fingerprint density at radius 2 is 1.90 bits per heavy atom. The second-order valence-corrected chi connectivity index (χ2v) is 5.86. The van der Waals surface area contributed by atoms with Gasteiger partial charge in [-0.25, -0.2) is 4.79 Å². The lowest BCUT2D eigenvalue weighted by molar-refractivity contribution is 0.0535. The largest absolute Gasteiger partial charge is 0.444 e. The van der Waals surface area contributed by atoms with Crippen LogP contribution in [0.5, 0.6) is 0 Å². The van der Waals surface area contributed by atoms with Crippen molar-refractivity contribution in [2.24, 2.45) is 0 Å². The van der Waals surface area contributed by atoms with Gasteiger partial charge in [-0.1, -0.05) is 23.7 Å². The zero-order chi connectivity index (χ0) is 15.0. The third kappa shape index (κ3) is 6.84. The minimum Gasteiger partial charge on any atom is -0.444 e.